The first kappa shape index (κ1) is 15.2. The summed E-state index contributed by atoms with van der Waals surface area (Å²) < 4.78 is 2.07. The number of imidazole rings is 1. The van der Waals surface area contributed by atoms with Crippen molar-refractivity contribution >= 4 is 22.5 Å². The van der Waals surface area contributed by atoms with E-state index in [1.54, 1.807) is 12.4 Å². The molecule has 0 amide bonds. The maximum atomic E-state index is 9.58. The van der Waals surface area contributed by atoms with Gasteiger partial charge in [0.1, 0.15) is 11.9 Å². The number of nitriles is 1. The Morgan fingerprint density at radius 2 is 1.92 bits per heavy atom. The first-order valence-electron chi connectivity index (χ1n) is 8.10. The number of aromatic nitrogens is 3. The van der Waals surface area contributed by atoms with E-state index in [1.807, 2.05) is 43.3 Å². The number of para-hydroxylation sites is 2. The van der Waals surface area contributed by atoms with E-state index in [2.05, 4.69) is 33.5 Å². The van der Waals surface area contributed by atoms with Crippen molar-refractivity contribution in [2.24, 2.45) is 0 Å². The second kappa shape index (κ2) is 5.91. The van der Waals surface area contributed by atoms with Gasteiger partial charge >= 0.3 is 0 Å². The molecule has 3 aromatic heterocycles. The summed E-state index contributed by atoms with van der Waals surface area (Å²) in [6.07, 6.45) is 3.60. The van der Waals surface area contributed by atoms with Gasteiger partial charge in [-0.15, -0.1) is 0 Å². The maximum Gasteiger partial charge on any atom is 0.157 e. The molecule has 0 aliphatic carbocycles. The summed E-state index contributed by atoms with van der Waals surface area (Å²) in [6.45, 7) is 2.71. The predicted octanol–water partition coefficient (Wildman–Crippen LogP) is 3.70. The molecule has 0 N–H and O–H groups in total. The minimum Gasteiger partial charge on any atom is -0.356 e. The van der Waals surface area contributed by atoms with E-state index in [4.69, 9.17) is 4.98 Å². The molecule has 0 saturated heterocycles. The highest BCUT2D eigenvalue weighted by Crippen LogP contribution is 2.28. The standard InChI is InChI=1S/C20H17N5/c1-14-11-19(24(2)13-15-7-9-22-10-8-15)25-18-6-4-3-5-17(18)23-20(25)16(14)12-21/h3-11H,13H2,1-2H3. The van der Waals surface area contributed by atoms with E-state index in [1.165, 1.54) is 5.56 Å². The minimum absolute atomic E-state index is 0.622. The second-order valence-corrected chi connectivity index (χ2v) is 6.14. The van der Waals surface area contributed by atoms with Gasteiger partial charge < -0.3 is 4.90 Å². The monoisotopic (exact) mass is 327 g/mol. The molecule has 0 unspecified atom stereocenters. The van der Waals surface area contributed by atoms with E-state index in [9.17, 15) is 5.26 Å². The quantitative estimate of drug-likeness (QED) is 0.576. The van der Waals surface area contributed by atoms with Crippen LogP contribution in [0.1, 0.15) is 16.7 Å². The highest BCUT2D eigenvalue weighted by molar-refractivity contribution is 5.85. The Bertz CT molecular complexity index is 1110. The van der Waals surface area contributed by atoms with Crippen LogP contribution >= 0.6 is 0 Å². The zero-order valence-corrected chi connectivity index (χ0v) is 14.1. The Morgan fingerprint density at radius 3 is 2.68 bits per heavy atom. The van der Waals surface area contributed by atoms with E-state index in [0.717, 1.165) is 29.0 Å². The van der Waals surface area contributed by atoms with E-state index in [0.29, 0.717) is 11.2 Å². The van der Waals surface area contributed by atoms with E-state index < -0.39 is 0 Å². The van der Waals surface area contributed by atoms with Gasteiger partial charge in [-0.25, -0.2) is 4.98 Å². The lowest BCUT2D eigenvalue weighted by Crippen LogP contribution is -2.20. The third-order valence-corrected chi connectivity index (χ3v) is 4.43. The van der Waals surface area contributed by atoms with Crippen LogP contribution in [0.15, 0.2) is 54.9 Å². The number of pyridine rings is 2. The molecule has 1 aromatic carbocycles. The van der Waals surface area contributed by atoms with Crippen molar-refractivity contribution in [3.8, 4) is 6.07 Å². The number of aryl methyl sites for hydroxylation is 1. The van der Waals surface area contributed by atoms with Gasteiger partial charge in [0, 0.05) is 26.0 Å². The molecule has 0 spiro atoms. The Balaban J connectivity index is 1.95. The molecule has 5 heteroatoms. The number of hydrogen-bond donors (Lipinski definition) is 0. The van der Waals surface area contributed by atoms with Crippen LogP contribution in [0.25, 0.3) is 16.7 Å². The lowest BCUT2D eigenvalue weighted by Gasteiger charge is -2.22. The molecule has 5 nitrogen and oxygen atoms in total. The van der Waals surface area contributed by atoms with Crippen LogP contribution in [0.5, 0.6) is 0 Å². The summed E-state index contributed by atoms with van der Waals surface area (Å²) in [5.41, 5.74) is 5.34. The first-order valence-corrected chi connectivity index (χ1v) is 8.10. The normalized spacial score (nSPS) is 10.9. The van der Waals surface area contributed by atoms with Gasteiger partial charge in [0.25, 0.3) is 0 Å². The molecule has 0 aliphatic heterocycles. The molecule has 0 saturated carbocycles. The van der Waals surface area contributed by atoms with Crippen molar-refractivity contribution in [3.05, 3.63) is 71.5 Å². The highest BCUT2D eigenvalue weighted by atomic mass is 15.2. The molecule has 3 heterocycles. The third kappa shape index (κ3) is 2.48. The van der Waals surface area contributed by atoms with Crippen molar-refractivity contribution in [1.82, 2.24) is 14.4 Å². The van der Waals surface area contributed by atoms with Crippen LogP contribution in [0.3, 0.4) is 0 Å². The highest BCUT2D eigenvalue weighted by Gasteiger charge is 2.17. The summed E-state index contributed by atoms with van der Waals surface area (Å²) >= 11 is 0. The number of benzene rings is 1. The van der Waals surface area contributed by atoms with Gasteiger partial charge in [-0.1, -0.05) is 12.1 Å². The fourth-order valence-corrected chi connectivity index (χ4v) is 3.19. The number of rotatable bonds is 3. The van der Waals surface area contributed by atoms with Crippen LogP contribution in [0, 0.1) is 18.3 Å². The van der Waals surface area contributed by atoms with Crippen molar-refractivity contribution < 1.29 is 0 Å². The van der Waals surface area contributed by atoms with Crippen LogP contribution in [0.4, 0.5) is 5.82 Å². The number of hydrogen-bond acceptors (Lipinski definition) is 4. The molecule has 0 fully saturated rings. The summed E-state index contributed by atoms with van der Waals surface area (Å²) in [6, 6.07) is 16.4. The average molecular weight is 327 g/mol. The average Bonchev–Trinajstić information content (AvgIpc) is 3.01. The van der Waals surface area contributed by atoms with Crippen LogP contribution in [-0.4, -0.2) is 21.4 Å². The fourth-order valence-electron chi connectivity index (χ4n) is 3.19. The molecule has 4 aromatic rings. The van der Waals surface area contributed by atoms with Gasteiger partial charge in [-0.05, 0) is 48.4 Å². The number of nitrogens with zero attached hydrogens (tertiary/aromatic N) is 5. The van der Waals surface area contributed by atoms with Crippen molar-refractivity contribution in [1.29, 1.82) is 5.26 Å². The molecule has 0 radical (unpaired) electrons. The molecular formula is C20H17N5. The van der Waals surface area contributed by atoms with Crippen LogP contribution < -0.4 is 4.90 Å². The molecule has 0 bridgehead atoms. The molecule has 0 atom stereocenters. The van der Waals surface area contributed by atoms with Crippen LogP contribution in [0.2, 0.25) is 0 Å². The zero-order chi connectivity index (χ0) is 17.4. The molecular weight excluding hydrogens is 310 g/mol. The topological polar surface area (TPSA) is 57.2 Å². The van der Waals surface area contributed by atoms with E-state index in [-0.39, 0.29) is 0 Å². The van der Waals surface area contributed by atoms with E-state index >= 15 is 0 Å². The van der Waals surface area contributed by atoms with Crippen molar-refractivity contribution in [3.63, 3.8) is 0 Å². The number of anilines is 1. The summed E-state index contributed by atoms with van der Waals surface area (Å²) in [4.78, 5) is 10.9. The smallest absolute Gasteiger partial charge is 0.157 e. The molecule has 0 aliphatic rings. The lowest BCUT2D eigenvalue weighted by atomic mass is 10.1. The summed E-state index contributed by atoms with van der Waals surface area (Å²) in [7, 11) is 2.05. The zero-order valence-electron chi connectivity index (χ0n) is 14.1. The Kier molecular flexibility index (Phi) is 3.58. The minimum atomic E-state index is 0.622. The molecule has 25 heavy (non-hydrogen) atoms. The van der Waals surface area contributed by atoms with Gasteiger partial charge in [0.05, 0.1) is 16.6 Å². The predicted molar refractivity (Wildman–Crippen MR) is 98.5 cm³/mol. The molecule has 4 rings (SSSR count). The van der Waals surface area contributed by atoms with Crippen molar-refractivity contribution in [2.75, 3.05) is 11.9 Å². The van der Waals surface area contributed by atoms with Crippen molar-refractivity contribution in [2.45, 2.75) is 13.5 Å². The van der Waals surface area contributed by atoms with Crippen LogP contribution in [-0.2, 0) is 6.54 Å². The Hall–Kier alpha value is -3.39. The van der Waals surface area contributed by atoms with Gasteiger partial charge in [0.15, 0.2) is 5.65 Å². The third-order valence-electron chi connectivity index (χ3n) is 4.43. The molecule has 122 valence electrons. The first-order chi connectivity index (χ1) is 12.2. The SMILES string of the molecule is Cc1cc(N(C)Cc2ccncc2)n2c(nc3ccccc32)c1C#N. The summed E-state index contributed by atoms with van der Waals surface area (Å²) in [5, 5.41) is 9.58. The van der Waals surface area contributed by atoms with Gasteiger partial charge in [0.2, 0.25) is 0 Å². The lowest BCUT2D eigenvalue weighted by molar-refractivity contribution is 0.884. The largest absolute Gasteiger partial charge is 0.356 e. The summed E-state index contributed by atoms with van der Waals surface area (Å²) in [5.74, 6) is 1.01. The Labute approximate surface area is 145 Å². The second-order valence-electron chi connectivity index (χ2n) is 6.14. The Morgan fingerprint density at radius 1 is 1.16 bits per heavy atom. The number of fused-ring (bicyclic) bond motifs is 3. The van der Waals surface area contributed by atoms with Gasteiger partial charge in [-0.2, -0.15) is 5.26 Å². The van der Waals surface area contributed by atoms with Gasteiger partial charge in [-0.3, -0.25) is 9.38 Å². The fraction of sp³-hybridized carbons (Fsp3) is 0.150. The maximum absolute atomic E-state index is 9.58.